The van der Waals surface area contributed by atoms with Crippen molar-refractivity contribution in [1.82, 2.24) is 4.98 Å². The highest BCUT2D eigenvalue weighted by molar-refractivity contribution is 9.10. The SMILES string of the molecule is CCOc1ccccc1-c1nc(CC(=O)Nc2ccc(Br)cc2C)cs1. The van der Waals surface area contributed by atoms with Crippen molar-refractivity contribution in [2.75, 3.05) is 11.9 Å². The second-order valence-electron chi connectivity index (χ2n) is 5.76. The van der Waals surface area contributed by atoms with Crippen molar-refractivity contribution < 1.29 is 9.53 Å². The number of rotatable bonds is 6. The molecule has 0 saturated heterocycles. The standard InChI is InChI=1S/C20H19BrN2O2S/c1-3-25-18-7-5-4-6-16(18)20-22-15(12-26-20)11-19(24)23-17-9-8-14(21)10-13(17)2/h4-10,12H,3,11H2,1-2H3,(H,23,24). The average Bonchev–Trinajstić information content (AvgIpc) is 3.06. The maximum atomic E-state index is 12.4. The second kappa shape index (κ2) is 8.47. The Morgan fingerprint density at radius 2 is 2.08 bits per heavy atom. The van der Waals surface area contributed by atoms with Gasteiger partial charge in [-0.3, -0.25) is 4.79 Å². The third kappa shape index (κ3) is 4.51. The minimum absolute atomic E-state index is 0.0784. The molecule has 0 bridgehead atoms. The van der Waals surface area contributed by atoms with E-state index >= 15 is 0 Å². The fourth-order valence-electron chi connectivity index (χ4n) is 2.56. The highest BCUT2D eigenvalue weighted by Crippen LogP contribution is 2.32. The van der Waals surface area contributed by atoms with Crippen LogP contribution in [0.25, 0.3) is 10.6 Å². The average molecular weight is 431 g/mol. The Bertz CT molecular complexity index is 924. The molecular weight excluding hydrogens is 412 g/mol. The lowest BCUT2D eigenvalue weighted by Crippen LogP contribution is -2.15. The first-order chi connectivity index (χ1) is 12.6. The Hall–Kier alpha value is -2.18. The van der Waals surface area contributed by atoms with Crippen LogP contribution in [0.15, 0.2) is 52.3 Å². The first-order valence-electron chi connectivity index (χ1n) is 8.29. The molecule has 0 unspecified atom stereocenters. The summed E-state index contributed by atoms with van der Waals surface area (Å²) in [7, 11) is 0. The van der Waals surface area contributed by atoms with Crippen LogP contribution in [0.1, 0.15) is 18.2 Å². The van der Waals surface area contributed by atoms with Crippen LogP contribution < -0.4 is 10.1 Å². The van der Waals surface area contributed by atoms with Gasteiger partial charge in [-0.05, 0) is 49.7 Å². The van der Waals surface area contributed by atoms with Crippen LogP contribution in [-0.4, -0.2) is 17.5 Å². The number of aromatic nitrogens is 1. The Morgan fingerprint density at radius 3 is 2.85 bits per heavy atom. The number of aryl methyl sites for hydroxylation is 1. The number of hydrogen-bond acceptors (Lipinski definition) is 4. The number of ether oxygens (including phenoxy) is 1. The predicted octanol–water partition coefficient (Wildman–Crippen LogP) is 5.46. The Labute approximate surface area is 165 Å². The Balaban J connectivity index is 1.71. The van der Waals surface area contributed by atoms with Gasteiger partial charge in [-0.2, -0.15) is 0 Å². The van der Waals surface area contributed by atoms with E-state index in [4.69, 9.17) is 4.74 Å². The number of thiazole rings is 1. The lowest BCUT2D eigenvalue weighted by Gasteiger charge is -2.08. The summed E-state index contributed by atoms with van der Waals surface area (Å²) >= 11 is 4.95. The fraction of sp³-hybridized carbons (Fsp3) is 0.200. The molecule has 6 heteroatoms. The van der Waals surface area contributed by atoms with Crippen LogP contribution in [0, 0.1) is 6.92 Å². The largest absolute Gasteiger partial charge is 0.493 e. The minimum atomic E-state index is -0.0784. The first kappa shape index (κ1) is 18.6. The van der Waals surface area contributed by atoms with Crippen molar-refractivity contribution >= 4 is 38.9 Å². The van der Waals surface area contributed by atoms with Crippen LogP contribution in [0.5, 0.6) is 5.75 Å². The first-order valence-corrected chi connectivity index (χ1v) is 9.96. The monoisotopic (exact) mass is 430 g/mol. The van der Waals surface area contributed by atoms with E-state index in [9.17, 15) is 4.79 Å². The maximum Gasteiger partial charge on any atom is 0.230 e. The van der Waals surface area contributed by atoms with Gasteiger partial charge in [-0.25, -0.2) is 4.98 Å². The van der Waals surface area contributed by atoms with Crippen LogP contribution in [0.2, 0.25) is 0 Å². The molecule has 26 heavy (non-hydrogen) atoms. The second-order valence-corrected chi connectivity index (χ2v) is 7.53. The lowest BCUT2D eigenvalue weighted by atomic mass is 10.2. The van der Waals surface area contributed by atoms with Crippen molar-refractivity contribution in [2.45, 2.75) is 20.3 Å². The van der Waals surface area contributed by atoms with Gasteiger partial charge in [0.05, 0.1) is 24.3 Å². The van der Waals surface area contributed by atoms with Gasteiger partial charge in [0.15, 0.2) is 0 Å². The van der Waals surface area contributed by atoms with Crippen molar-refractivity contribution in [3.05, 3.63) is 63.6 Å². The number of para-hydroxylation sites is 1. The molecule has 0 fully saturated rings. The molecule has 0 aliphatic heterocycles. The summed E-state index contributed by atoms with van der Waals surface area (Å²) in [5.41, 5.74) is 3.53. The Kier molecular flexibility index (Phi) is 6.06. The molecule has 1 amide bonds. The van der Waals surface area contributed by atoms with Crippen molar-refractivity contribution in [3.8, 4) is 16.3 Å². The normalized spacial score (nSPS) is 10.6. The van der Waals surface area contributed by atoms with E-state index in [2.05, 4.69) is 26.2 Å². The topological polar surface area (TPSA) is 51.2 Å². The number of carbonyl (C=O) groups excluding carboxylic acids is 1. The van der Waals surface area contributed by atoms with E-state index in [1.807, 2.05) is 61.7 Å². The quantitative estimate of drug-likeness (QED) is 0.564. The number of nitrogens with one attached hydrogen (secondary N) is 1. The highest BCUT2D eigenvalue weighted by atomic mass is 79.9. The molecule has 0 atom stereocenters. The van der Waals surface area contributed by atoms with Crippen molar-refractivity contribution in [3.63, 3.8) is 0 Å². The van der Waals surface area contributed by atoms with E-state index in [0.717, 1.165) is 37.7 Å². The molecule has 134 valence electrons. The summed E-state index contributed by atoms with van der Waals surface area (Å²) in [5.74, 6) is 0.733. The molecule has 0 aliphatic rings. The van der Waals surface area contributed by atoms with Crippen molar-refractivity contribution in [2.24, 2.45) is 0 Å². The number of benzene rings is 2. The van der Waals surface area contributed by atoms with Crippen LogP contribution in [0.3, 0.4) is 0 Å². The third-order valence-electron chi connectivity index (χ3n) is 3.77. The molecule has 4 nitrogen and oxygen atoms in total. The van der Waals surface area contributed by atoms with Gasteiger partial charge in [-0.1, -0.05) is 28.1 Å². The highest BCUT2D eigenvalue weighted by Gasteiger charge is 2.13. The van der Waals surface area contributed by atoms with E-state index < -0.39 is 0 Å². The van der Waals surface area contributed by atoms with E-state index in [0.29, 0.717) is 6.61 Å². The summed E-state index contributed by atoms with van der Waals surface area (Å²) in [5, 5.41) is 5.73. The maximum absolute atomic E-state index is 12.4. The third-order valence-corrected chi connectivity index (χ3v) is 5.19. The summed E-state index contributed by atoms with van der Waals surface area (Å²) < 4.78 is 6.66. The number of carbonyl (C=O) groups is 1. The minimum Gasteiger partial charge on any atom is -0.493 e. The van der Waals surface area contributed by atoms with Gasteiger partial charge in [0.2, 0.25) is 5.91 Å². The molecule has 1 N–H and O–H groups in total. The van der Waals surface area contributed by atoms with Gasteiger partial charge >= 0.3 is 0 Å². The van der Waals surface area contributed by atoms with Gasteiger partial charge in [0.1, 0.15) is 10.8 Å². The smallest absolute Gasteiger partial charge is 0.230 e. The predicted molar refractivity (Wildman–Crippen MR) is 110 cm³/mol. The zero-order chi connectivity index (χ0) is 18.5. The van der Waals surface area contributed by atoms with Crippen LogP contribution in [-0.2, 0) is 11.2 Å². The molecule has 1 heterocycles. The molecule has 0 spiro atoms. The van der Waals surface area contributed by atoms with Gasteiger partial charge in [0.25, 0.3) is 0 Å². The zero-order valence-corrected chi connectivity index (χ0v) is 17.0. The van der Waals surface area contributed by atoms with E-state index in [1.165, 1.54) is 11.3 Å². The lowest BCUT2D eigenvalue weighted by molar-refractivity contribution is -0.115. The molecule has 3 aromatic rings. The summed E-state index contributed by atoms with van der Waals surface area (Å²) in [6.45, 7) is 4.52. The fourth-order valence-corrected chi connectivity index (χ4v) is 3.89. The van der Waals surface area contributed by atoms with Gasteiger partial charge < -0.3 is 10.1 Å². The molecule has 1 aromatic heterocycles. The van der Waals surface area contributed by atoms with Gasteiger partial charge in [-0.15, -0.1) is 11.3 Å². The summed E-state index contributed by atoms with van der Waals surface area (Å²) in [6.07, 6.45) is 0.239. The molecule has 0 saturated carbocycles. The molecule has 3 rings (SSSR count). The van der Waals surface area contributed by atoms with Crippen molar-refractivity contribution in [1.29, 1.82) is 0 Å². The number of hydrogen-bond donors (Lipinski definition) is 1. The van der Waals surface area contributed by atoms with E-state index in [-0.39, 0.29) is 12.3 Å². The number of nitrogens with zero attached hydrogens (tertiary/aromatic N) is 1. The number of halogens is 1. The van der Waals surface area contributed by atoms with Crippen LogP contribution >= 0.6 is 27.3 Å². The van der Waals surface area contributed by atoms with Gasteiger partial charge in [0, 0.05) is 15.5 Å². The molecule has 0 radical (unpaired) electrons. The summed E-state index contributed by atoms with van der Waals surface area (Å²) in [6, 6.07) is 13.6. The zero-order valence-electron chi connectivity index (χ0n) is 14.6. The molecule has 2 aromatic carbocycles. The number of amides is 1. The molecular formula is C20H19BrN2O2S. The molecule has 0 aliphatic carbocycles. The van der Waals surface area contributed by atoms with E-state index in [1.54, 1.807) is 0 Å². The number of anilines is 1. The Morgan fingerprint density at radius 1 is 1.27 bits per heavy atom. The summed E-state index contributed by atoms with van der Waals surface area (Å²) in [4.78, 5) is 17.0. The van der Waals surface area contributed by atoms with Crippen LogP contribution in [0.4, 0.5) is 5.69 Å².